The topological polar surface area (TPSA) is 81.3 Å². The van der Waals surface area contributed by atoms with Crippen LogP contribution in [0.4, 0.5) is 0 Å². The lowest BCUT2D eigenvalue weighted by Crippen LogP contribution is -2.34. The van der Waals surface area contributed by atoms with Crippen molar-refractivity contribution in [3.05, 3.63) is 40.6 Å². The van der Waals surface area contributed by atoms with E-state index in [1.807, 2.05) is 45.0 Å². The maximum Gasteiger partial charge on any atom is 0.352 e. The van der Waals surface area contributed by atoms with Crippen molar-refractivity contribution >= 4 is 22.5 Å². The normalized spacial score (nSPS) is 14.9. The Labute approximate surface area is 151 Å². The molecule has 0 bridgehead atoms. The molecule has 2 heterocycles. The molecule has 1 N–H and O–H groups in total. The van der Waals surface area contributed by atoms with Gasteiger partial charge in [0, 0.05) is 17.3 Å². The summed E-state index contributed by atoms with van der Waals surface area (Å²) in [5, 5.41) is 8.15. The first-order valence-corrected chi connectivity index (χ1v) is 9.00. The molecule has 4 rings (SSSR count). The van der Waals surface area contributed by atoms with E-state index in [4.69, 9.17) is 4.98 Å². The molecule has 3 aromatic rings. The van der Waals surface area contributed by atoms with Gasteiger partial charge in [-0.2, -0.15) is 0 Å². The van der Waals surface area contributed by atoms with Crippen LogP contribution >= 0.6 is 0 Å². The van der Waals surface area contributed by atoms with Gasteiger partial charge in [0.15, 0.2) is 5.65 Å². The van der Waals surface area contributed by atoms with Gasteiger partial charge in [-0.25, -0.2) is 18.9 Å². The zero-order valence-electron chi connectivity index (χ0n) is 15.3. The van der Waals surface area contributed by atoms with Crippen LogP contribution in [0.25, 0.3) is 16.6 Å². The van der Waals surface area contributed by atoms with Crippen LogP contribution in [0.15, 0.2) is 29.1 Å². The second-order valence-electron chi connectivity index (χ2n) is 8.05. The molecule has 0 atom stereocenters. The van der Waals surface area contributed by atoms with Crippen LogP contribution in [0, 0.1) is 5.92 Å². The van der Waals surface area contributed by atoms with Crippen molar-refractivity contribution in [2.75, 3.05) is 6.54 Å². The monoisotopic (exact) mass is 353 g/mol. The third kappa shape index (κ3) is 2.98. The van der Waals surface area contributed by atoms with Gasteiger partial charge in [-0.1, -0.05) is 32.9 Å². The summed E-state index contributed by atoms with van der Waals surface area (Å²) in [5.74, 6) is 1.05. The standard InChI is InChI=1S/C19H23N5O2/c1-19(2,3)17-21-14-7-5-4-6-13(14)16-22-23(18(26)24(16)17)11-15(25)20-10-12-8-9-12/h4-7,12H,8-11H2,1-3H3,(H,20,25). The SMILES string of the molecule is CC(C)(C)c1nc2ccccc2c2nn(CC(=O)NCC3CC3)c(=O)n12. The van der Waals surface area contributed by atoms with Crippen molar-refractivity contribution in [1.82, 2.24) is 24.5 Å². The highest BCUT2D eigenvalue weighted by molar-refractivity contribution is 5.91. The third-order valence-electron chi connectivity index (χ3n) is 4.67. The third-order valence-corrected chi connectivity index (χ3v) is 4.67. The molecule has 1 aliphatic rings. The highest BCUT2D eigenvalue weighted by Crippen LogP contribution is 2.27. The minimum Gasteiger partial charge on any atom is -0.354 e. The van der Waals surface area contributed by atoms with E-state index in [-0.39, 0.29) is 23.6 Å². The van der Waals surface area contributed by atoms with E-state index in [1.54, 1.807) is 0 Å². The van der Waals surface area contributed by atoms with Crippen LogP contribution in [0.2, 0.25) is 0 Å². The van der Waals surface area contributed by atoms with E-state index >= 15 is 0 Å². The first-order chi connectivity index (χ1) is 12.3. The predicted molar refractivity (Wildman–Crippen MR) is 99.2 cm³/mol. The van der Waals surface area contributed by atoms with Gasteiger partial charge in [0.25, 0.3) is 0 Å². The fourth-order valence-electron chi connectivity index (χ4n) is 3.08. The van der Waals surface area contributed by atoms with E-state index in [2.05, 4.69) is 10.4 Å². The van der Waals surface area contributed by atoms with Crippen molar-refractivity contribution in [3.8, 4) is 0 Å². The number of carbonyl (C=O) groups is 1. The molecule has 0 spiro atoms. The number of para-hydroxylation sites is 1. The highest BCUT2D eigenvalue weighted by atomic mass is 16.2. The molecule has 136 valence electrons. The fraction of sp³-hybridized carbons (Fsp3) is 0.474. The first-order valence-electron chi connectivity index (χ1n) is 9.00. The number of amides is 1. The molecule has 2 aromatic heterocycles. The summed E-state index contributed by atoms with van der Waals surface area (Å²) in [4.78, 5) is 29.9. The van der Waals surface area contributed by atoms with Crippen LogP contribution in [-0.4, -0.2) is 31.6 Å². The number of rotatable bonds is 4. The lowest BCUT2D eigenvalue weighted by atomic mass is 9.95. The number of nitrogens with zero attached hydrogens (tertiary/aromatic N) is 4. The molecule has 7 heteroatoms. The number of aromatic nitrogens is 4. The molecule has 1 amide bonds. The van der Waals surface area contributed by atoms with E-state index in [0.717, 1.165) is 10.9 Å². The smallest absolute Gasteiger partial charge is 0.352 e. The Kier molecular flexibility index (Phi) is 3.82. The van der Waals surface area contributed by atoms with Gasteiger partial charge in [0.05, 0.1) is 5.52 Å². The van der Waals surface area contributed by atoms with Gasteiger partial charge in [0.1, 0.15) is 12.4 Å². The van der Waals surface area contributed by atoms with Crippen LogP contribution in [0.1, 0.15) is 39.4 Å². The maximum absolute atomic E-state index is 13.0. The zero-order chi connectivity index (χ0) is 18.5. The lowest BCUT2D eigenvalue weighted by molar-refractivity contribution is -0.121. The number of nitrogens with one attached hydrogen (secondary N) is 1. The van der Waals surface area contributed by atoms with E-state index in [0.29, 0.717) is 23.9 Å². The Morgan fingerprint density at radius 2 is 2.00 bits per heavy atom. The Balaban J connectivity index is 1.82. The maximum atomic E-state index is 13.0. The summed E-state index contributed by atoms with van der Waals surface area (Å²) < 4.78 is 2.78. The molecule has 0 radical (unpaired) electrons. The van der Waals surface area contributed by atoms with Crippen LogP contribution in [-0.2, 0) is 16.8 Å². The van der Waals surface area contributed by atoms with Gasteiger partial charge in [-0.05, 0) is 30.9 Å². The quantitative estimate of drug-likeness (QED) is 0.776. The van der Waals surface area contributed by atoms with Crippen LogP contribution in [0.5, 0.6) is 0 Å². The average molecular weight is 353 g/mol. The number of fused-ring (bicyclic) bond motifs is 3. The molecule has 0 saturated heterocycles. The Bertz CT molecular complexity index is 1050. The van der Waals surface area contributed by atoms with Gasteiger partial charge < -0.3 is 5.32 Å². The van der Waals surface area contributed by atoms with Crippen molar-refractivity contribution in [2.45, 2.75) is 45.6 Å². The molecule has 0 unspecified atom stereocenters. The second kappa shape index (κ2) is 5.93. The van der Waals surface area contributed by atoms with Gasteiger partial charge in [0.2, 0.25) is 5.91 Å². The lowest BCUT2D eigenvalue weighted by Gasteiger charge is -2.19. The molecule has 26 heavy (non-hydrogen) atoms. The van der Waals surface area contributed by atoms with Crippen molar-refractivity contribution < 1.29 is 4.79 Å². The van der Waals surface area contributed by atoms with Crippen molar-refractivity contribution in [3.63, 3.8) is 0 Å². The van der Waals surface area contributed by atoms with E-state index in [1.165, 1.54) is 21.9 Å². The molecule has 7 nitrogen and oxygen atoms in total. The van der Waals surface area contributed by atoms with Crippen molar-refractivity contribution in [2.24, 2.45) is 5.92 Å². The Morgan fingerprint density at radius 1 is 1.27 bits per heavy atom. The molecule has 0 aliphatic heterocycles. The minimum atomic E-state index is -0.339. The molecule has 1 saturated carbocycles. The Morgan fingerprint density at radius 3 is 2.69 bits per heavy atom. The number of hydrogen-bond donors (Lipinski definition) is 1. The van der Waals surface area contributed by atoms with Crippen LogP contribution in [0.3, 0.4) is 0 Å². The summed E-state index contributed by atoms with van der Waals surface area (Å²) in [6, 6.07) is 7.62. The highest BCUT2D eigenvalue weighted by Gasteiger charge is 2.25. The molecule has 1 aromatic carbocycles. The zero-order valence-corrected chi connectivity index (χ0v) is 15.3. The summed E-state index contributed by atoms with van der Waals surface area (Å²) in [6.45, 7) is 6.63. The van der Waals surface area contributed by atoms with E-state index < -0.39 is 0 Å². The van der Waals surface area contributed by atoms with Gasteiger partial charge in [-0.15, -0.1) is 5.10 Å². The summed E-state index contributed by atoms with van der Waals surface area (Å²) >= 11 is 0. The predicted octanol–water partition coefficient (Wildman–Crippen LogP) is 1.87. The Hall–Kier alpha value is -2.70. The number of benzene rings is 1. The second-order valence-corrected chi connectivity index (χ2v) is 8.05. The van der Waals surface area contributed by atoms with E-state index in [9.17, 15) is 9.59 Å². The largest absolute Gasteiger partial charge is 0.354 e. The summed E-state index contributed by atoms with van der Waals surface area (Å²) in [7, 11) is 0. The van der Waals surface area contributed by atoms with Crippen LogP contribution < -0.4 is 11.0 Å². The van der Waals surface area contributed by atoms with Gasteiger partial charge in [-0.3, -0.25) is 4.79 Å². The van der Waals surface area contributed by atoms with Gasteiger partial charge >= 0.3 is 5.69 Å². The molecular formula is C19H23N5O2. The van der Waals surface area contributed by atoms with Crippen molar-refractivity contribution in [1.29, 1.82) is 0 Å². The average Bonchev–Trinajstić information content (AvgIpc) is 3.36. The molecule has 1 fully saturated rings. The molecule has 1 aliphatic carbocycles. The number of hydrogen-bond acceptors (Lipinski definition) is 4. The summed E-state index contributed by atoms with van der Waals surface area (Å²) in [5.41, 5.74) is 0.666. The minimum absolute atomic E-state index is 0.0782. The summed E-state index contributed by atoms with van der Waals surface area (Å²) in [6.07, 6.45) is 2.34. The molecular weight excluding hydrogens is 330 g/mol. The first kappa shape index (κ1) is 16.8. The fourth-order valence-corrected chi connectivity index (χ4v) is 3.08. The number of carbonyl (C=O) groups excluding carboxylic acids is 1.